The molecule has 0 spiro atoms. The lowest BCUT2D eigenvalue weighted by Crippen LogP contribution is -2.54. The Morgan fingerprint density at radius 3 is 2.25 bits per heavy atom. The number of rotatable bonds is 8. The summed E-state index contributed by atoms with van der Waals surface area (Å²) in [5.41, 5.74) is 0.796. The predicted molar refractivity (Wildman–Crippen MR) is 85.0 cm³/mol. The molecule has 0 radical (unpaired) electrons. The van der Waals surface area contributed by atoms with Crippen molar-refractivity contribution in [3.8, 4) is 0 Å². The van der Waals surface area contributed by atoms with E-state index in [1.54, 1.807) is 26.0 Å². The highest BCUT2D eigenvalue weighted by Crippen LogP contribution is 2.05. The molecule has 24 heavy (non-hydrogen) atoms. The van der Waals surface area contributed by atoms with Crippen LogP contribution in [0, 0.1) is 5.92 Å². The van der Waals surface area contributed by atoms with Crippen molar-refractivity contribution in [3.63, 3.8) is 0 Å². The first-order chi connectivity index (χ1) is 11.3. The normalized spacial score (nSPS) is 13.0. The van der Waals surface area contributed by atoms with Crippen molar-refractivity contribution in [1.82, 2.24) is 10.6 Å². The molecule has 1 aromatic rings. The van der Waals surface area contributed by atoms with Crippen molar-refractivity contribution in [2.45, 2.75) is 32.5 Å². The van der Waals surface area contributed by atoms with Gasteiger partial charge in [-0.05, 0) is 11.5 Å². The van der Waals surface area contributed by atoms with Gasteiger partial charge in [-0.25, -0.2) is 9.59 Å². The highest BCUT2D eigenvalue weighted by atomic mass is 16.5. The average molecular weight is 338 g/mol. The zero-order chi connectivity index (χ0) is 18.1. The topological polar surface area (TPSA) is 125 Å². The summed E-state index contributed by atoms with van der Waals surface area (Å²) in [6, 6.07) is 6.62. The summed E-state index contributed by atoms with van der Waals surface area (Å²) >= 11 is 0. The van der Waals surface area contributed by atoms with Crippen LogP contribution in [0.5, 0.6) is 0 Å². The summed E-state index contributed by atoms with van der Waals surface area (Å²) in [4.78, 5) is 34.8. The van der Waals surface area contributed by atoms with Crippen molar-refractivity contribution in [3.05, 3.63) is 35.9 Å². The van der Waals surface area contributed by atoms with Crippen LogP contribution in [0.25, 0.3) is 0 Å². The Kier molecular flexibility index (Phi) is 7.70. The smallest absolute Gasteiger partial charge is 0.408 e. The minimum absolute atomic E-state index is 0.0491. The van der Waals surface area contributed by atoms with Crippen molar-refractivity contribution in [2.75, 3.05) is 6.61 Å². The number of hydrogen-bond donors (Lipinski definition) is 4. The van der Waals surface area contributed by atoms with Crippen LogP contribution in [0.4, 0.5) is 4.79 Å². The summed E-state index contributed by atoms with van der Waals surface area (Å²) in [7, 11) is 0. The highest BCUT2D eigenvalue weighted by molar-refractivity contribution is 5.89. The lowest BCUT2D eigenvalue weighted by Gasteiger charge is -2.23. The fraction of sp³-hybridized carbons (Fsp3) is 0.438. The maximum Gasteiger partial charge on any atom is 0.408 e. The molecule has 132 valence electrons. The number of hydrogen-bond acceptors (Lipinski definition) is 5. The van der Waals surface area contributed by atoms with Crippen LogP contribution in [0.15, 0.2) is 30.3 Å². The van der Waals surface area contributed by atoms with Crippen molar-refractivity contribution in [2.24, 2.45) is 5.92 Å². The van der Waals surface area contributed by atoms with Gasteiger partial charge in [-0.2, -0.15) is 0 Å². The first-order valence-electron chi connectivity index (χ1n) is 7.46. The molecule has 1 aromatic carbocycles. The van der Waals surface area contributed by atoms with Crippen LogP contribution in [-0.2, 0) is 20.9 Å². The fourth-order valence-electron chi connectivity index (χ4n) is 1.87. The second kappa shape index (κ2) is 9.51. The fourth-order valence-corrected chi connectivity index (χ4v) is 1.87. The van der Waals surface area contributed by atoms with Crippen LogP contribution in [0.1, 0.15) is 19.4 Å². The molecule has 0 fully saturated rings. The Labute approximate surface area is 139 Å². The Hall–Kier alpha value is -2.61. The number of carbonyl (C=O) groups is 3. The van der Waals surface area contributed by atoms with Crippen LogP contribution >= 0.6 is 0 Å². The average Bonchev–Trinajstić information content (AvgIpc) is 2.55. The number of benzene rings is 1. The molecule has 0 aliphatic carbocycles. The molecular formula is C16H22N2O6. The van der Waals surface area contributed by atoms with Gasteiger partial charge in [0.05, 0.1) is 6.61 Å². The van der Waals surface area contributed by atoms with Gasteiger partial charge in [-0.3, -0.25) is 4.79 Å². The van der Waals surface area contributed by atoms with Gasteiger partial charge < -0.3 is 25.6 Å². The van der Waals surface area contributed by atoms with Crippen molar-refractivity contribution < 1.29 is 29.3 Å². The number of carboxylic acid groups (broad SMARTS) is 1. The quantitative estimate of drug-likeness (QED) is 0.547. The maximum absolute atomic E-state index is 12.1. The summed E-state index contributed by atoms with van der Waals surface area (Å²) < 4.78 is 5.04. The van der Waals surface area contributed by atoms with Gasteiger partial charge in [-0.1, -0.05) is 44.2 Å². The Bertz CT molecular complexity index is 561. The third kappa shape index (κ3) is 6.25. The van der Waals surface area contributed by atoms with Gasteiger partial charge >= 0.3 is 12.1 Å². The molecule has 1 rings (SSSR count). The zero-order valence-corrected chi connectivity index (χ0v) is 13.6. The minimum Gasteiger partial charge on any atom is -0.480 e. The summed E-state index contributed by atoms with van der Waals surface area (Å²) in [5.74, 6) is -2.37. The van der Waals surface area contributed by atoms with Gasteiger partial charge in [0.1, 0.15) is 18.7 Å². The van der Waals surface area contributed by atoms with Crippen molar-refractivity contribution in [1.29, 1.82) is 0 Å². The van der Waals surface area contributed by atoms with Crippen LogP contribution < -0.4 is 10.6 Å². The molecule has 2 amide bonds. The Balaban J connectivity index is 2.59. The third-order valence-electron chi connectivity index (χ3n) is 3.23. The molecule has 0 bridgehead atoms. The number of alkyl carbamates (subject to hydrolysis) is 1. The van der Waals surface area contributed by atoms with Gasteiger partial charge in [0.15, 0.2) is 0 Å². The van der Waals surface area contributed by atoms with Gasteiger partial charge in [0.25, 0.3) is 0 Å². The molecular weight excluding hydrogens is 316 g/mol. The summed E-state index contributed by atoms with van der Waals surface area (Å²) in [5, 5.41) is 22.4. The number of carboxylic acids is 1. The van der Waals surface area contributed by atoms with E-state index in [1.165, 1.54) is 0 Å². The van der Waals surface area contributed by atoms with E-state index in [4.69, 9.17) is 14.9 Å². The largest absolute Gasteiger partial charge is 0.480 e. The number of aliphatic hydroxyl groups is 1. The maximum atomic E-state index is 12.1. The molecule has 8 nitrogen and oxygen atoms in total. The van der Waals surface area contributed by atoms with Crippen LogP contribution in [-0.4, -0.2) is 46.9 Å². The number of carbonyl (C=O) groups excluding carboxylic acids is 2. The van der Waals surface area contributed by atoms with E-state index in [-0.39, 0.29) is 12.5 Å². The third-order valence-corrected chi connectivity index (χ3v) is 3.23. The molecule has 0 heterocycles. The number of ether oxygens (including phenoxy) is 1. The molecule has 0 aliphatic rings. The second-order valence-electron chi connectivity index (χ2n) is 5.51. The number of aliphatic hydroxyl groups excluding tert-OH is 1. The molecule has 2 atom stereocenters. The molecule has 0 aromatic heterocycles. The lowest BCUT2D eigenvalue weighted by atomic mass is 10.0. The number of aliphatic carboxylic acids is 1. The first kappa shape index (κ1) is 19.4. The van der Waals surface area contributed by atoms with Gasteiger partial charge in [0.2, 0.25) is 5.91 Å². The SMILES string of the molecule is CC(C)[C@H](NC(=O)OCc1ccccc1)C(=O)N[C@H](CO)C(=O)O. The Morgan fingerprint density at radius 1 is 1.12 bits per heavy atom. The zero-order valence-electron chi connectivity index (χ0n) is 13.6. The van der Waals surface area contributed by atoms with Crippen LogP contribution in [0.3, 0.4) is 0 Å². The number of nitrogens with one attached hydrogen (secondary N) is 2. The van der Waals surface area contributed by atoms with Crippen LogP contribution in [0.2, 0.25) is 0 Å². The van der Waals surface area contributed by atoms with Gasteiger partial charge in [0, 0.05) is 0 Å². The molecule has 4 N–H and O–H groups in total. The van der Waals surface area contributed by atoms with E-state index in [2.05, 4.69) is 10.6 Å². The molecule has 0 saturated heterocycles. The monoisotopic (exact) mass is 338 g/mol. The van der Waals surface area contributed by atoms with E-state index in [0.717, 1.165) is 5.56 Å². The molecule has 8 heteroatoms. The Morgan fingerprint density at radius 2 is 1.75 bits per heavy atom. The van der Waals surface area contributed by atoms with E-state index >= 15 is 0 Å². The van der Waals surface area contributed by atoms with E-state index in [1.807, 2.05) is 18.2 Å². The molecule has 0 saturated carbocycles. The van der Waals surface area contributed by atoms with E-state index in [9.17, 15) is 14.4 Å². The lowest BCUT2D eigenvalue weighted by molar-refractivity contribution is -0.143. The standard InChI is InChI=1S/C16H22N2O6/c1-10(2)13(14(20)17-12(8-19)15(21)22)18-16(23)24-9-11-6-4-3-5-7-11/h3-7,10,12-13,19H,8-9H2,1-2H3,(H,17,20)(H,18,23)(H,21,22)/t12-,13+/m1/s1. The predicted octanol–water partition coefficient (Wildman–Crippen LogP) is 0.499. The summed E-state index contributed by atoms with van der Waals surface area (Å²) in [6.07, 6.45) is -0.788. The molecule has 0 unspecified atom stereocenters. The minimum atomic E-state index is -1.43. The van der Waals surface area contributed by atoms with Gasteiger partial charge in [-0.15, -0.1) is 0 Å². The highest BCUT2D eigenvalue weighted by Gasteiger charge is 2.28. The van der Waals surface area contributed by atoms with Crippen molar-refractivity contribution >= 4 is 18.0 Å². The number of amides is 2. The summed E-state index contributed by atoms with van der Waals surface area (Å²) in [6.45, 7) is 2.69. The first-order valence-corrected chi connectivity index (χ1v) is 7.46. The second-order valence-corrected chi connectivity index (χ2v) is 5.51. The molecule has 0 aliphatic heterocycles. The van der Waals surface area contributed by atoms with E-state index in [0.29, 0.717) is 0 Å². The van der Waals surface area contributed by atoms with E-state index < -0.39 is 36.7 Å².